The Kier molecular flexibility index (Phi) is 11.9. The van der Waals surface area contributed by atoms with E-state index in [1.165, 1.54) is 45.6 Å². The third-order valence-corrected chi connectivity index (χ3v) is 3.51. The maximum Gasteiger partial charge on any atom is 0.305 e. The van der Waals surface area contributed by atoms with Gasteiger partial charge < -0.3 is 15.8 Å². The minimum absolute atomic E-state index is 0. The van der Waals surface area contributed by atoms with E-state index in [2.05, 4.69) is 15.0 Å². The standard InChI is InChI=1S/C14H27N3O2.HI/c1-19-13(18)10-6-7-11-16-14(15)17-12-8-4-2-3-5-9-12;/h12H,2-11H2,1H3,(H3,15,16,17);1H. The lowest BCUT2D eigenvalue weighted by Crippen LogP contribution is -2.39. The summed E-state index contributed by atoms with van der Waals surface area (Å²) in [6.07, 6.45) is 9.74. The molecule has 0 unspecified atom stereocenters. The molecule has 0 spiro atoms. The van der Waals surface area contributed by atoms with Crippen molar-refractivity contribution in [3.05, 3.63) is 0 Å². The van der Waals surface area contributed by atoms with Crippen LogP contribution in [0.5, 0.6) is 0 Å². The summed E-state index contributed by atoms with van der Waals surface area (Å²) >= 11 is 0. The number of methoxy groups -OCH3 is 1. The number of nitrogens with two attached hydrogens (primary N) is 1. The van der Waals surface area contributed by atoms with Gasteiger partial charge in [0, 0.05) is 19.0 Å². The van der Waals surface area contributed by atoms with Crippen molar-refractivity contribution in [3.8, 4) is 0 Å². The molecule has 0 radical (unpaired) electrons. The van der Waals surface area contributed by atoms with Crippen molar-refractivity contribution in [3.63, 3.8) is 0 Å². The summed E-state index contributed by atoms with van der Waals surface area (Å²) in [7, 11) is 1.41. The zero-order valence-corrected chi connectivity index (χ0v) is 14.7. The summed E-state index contributed by atoms with van der Waals surface area (Å²) in [5.41, 5.74) is 5.87. The van der Waals surface area contributed by atoms with Crippen LogP contribution in [0.2, 0.25) is 0 Å². The van der Waals surface area contributed by atoms with Crippen molar-refractivity contribution < 1.29 is 9.53 Å². The summed E-state index contributed by atoms with van der Waals surface area (Å²) in [4.78, 5) is 15.2. The zero-order chi connectivity index (χ0) is 13.9. The van der Waals surface area contributed by atoms with Crippen molar-refractivity contribution in [1.29, 1.82) is 0 Å². The van der Waals surface area contributed by atoms with E-state index in [0.717, 1.165) is 12.8 Å². The molecular weight excluding hydrogens is 369 g/mol. The van der Waals surface area contributed by atoms with Crippen molar-refractivity contribution >= 4 is 35.9 Å². The first-order valence-corrected chi connectivity index (χ1v) is 7.35. The van der Waals surface area contributed by atoms with Crippen LogP contribution in [-0.2, 0) is 9.53 Å². The molecule has 1 fully saturated rings. The van der Waals surface area contributed by atoms with Gasteiger partial charge in [-0.05, 0) is 25.7 Å². The summed E-state index contributed by atoms with van der Waals surface area (Å²) in [6, 6.07) is 0.487. The topological polar surface area (TPSA) is 76.7 Å². The fourth-order valence-corrected chi connectivity index (χ4v) is 2.36. The van der Waals surface area contributed by atoms with Gasteiger partial charge in [-0.2, -0.15) is 0 Å². The normalized spacial score (nSPS) is 16.9. The Morgan fingerprint density at radius 1 is 1.25 bits per heavy atom. The Labute approximate surface area is 139 Å². The van der Waals surface area contributed by atoms with Gasteiger partial charge in [-0.1, -0.05) is 25.7 Å². The fourth-order valence-electron chi connectivity index (χ4n) is 2.36. The number of nitrogens with one attached hydrogen (secondary N) is 1. The molecule has 0 bridgehead atoms. The van der Waals surface area contributed by atoms with E-state index < -0.39 is 0 Å². The Morgan fingerprint density at radius 2 is 1.90 bits per heavy atom. The Balaban J connectivity index is 0.00000361. The first-order chi connectivity index (χ1) is 9.22. The molecule has 6 heteroatoms. The molecule has 0 amide bonds. The second-order valence-electron chi connectivity index (χ2n) is 5.13. The van der Waals surface area contributed by atoms with E-state index in [0.29, 0.717) is 25.0 Å². The van der Waals surface area contributed by atoms with E-state index in [9.17, 15) is 4.79 Å². The van der Waals surface area contributed by atoms with Crippen LogP contribution in [0.1, 0.15) is 57.8 Å². The molecule has 5 nitrogen and oxygen atoms in total. The molecule has 1 aliphatic rings. The lowest BCUT2D eigenvalue weighted by Gasteiger charge is -2.16. The van der Waals surface area contributed by atoms with Crippen molar-refractivity contribution in [2.45, 2.75) is 63.8 Å². The average molecular weight is 397 g/mol. The van der Waals surface area contributed by atoms with Crippen LogP contribution in [0.25, 0.3) is 0 Å². The van der Waals surface area contributed by atoms with Crippen molar-refractivity contribution in [1.82, 2.24) is 5.32 Å². The van der Waals surface area contributed by atoms with E-state index in [1.807, 2.05) is 0 Å². The minimum Gasteiger partial charge on any atom is -0.469 e. The van der Waals surface area contributed by atoms with Gasteiger partial charge in [0.1, 0.15) is 0 Å². The maximum absolute atomic E-state index is 10.9. The number of carbonyl (C=O) groups excluding carboxylic acids is 1. The fraction of sp³-hybridized carbons (Fsp3) is 0.857. The Bertz CT molecular complexity index is 290. The van der Waals surface area contributed by atoms with Gasteiger partial charge in [0.2, 0.25) is 0 Å². The SMILES string of the molecule is COC(=O)CCCCN=C(N)NC1CCCCCC1.I. The molecular formula is C14H28IN3O2. The second kappa shape index (κ2) is 12.2. The molecule has 3 N–H and O–H groups in total. The monoisotopic (exact) mass is 397 g/mol. The van der Waals surface area contributed by atoms with E-state index in [1.54, 1.807) is 0 Å². The van der Waals surface area contributed by atoms with Crippen molar-refractivity contribution in [2.24, 2.45) is 10.7 Å². The molecule has 0 aromatic rings. The first kappa shape index (κ1) is 19.5. The minimum atomic E-state index is -0.159. The van der Waals surface area contributed by atoms with E-state index in [-0.39, 0.29) is 29.9 Å². The summed E-state index contributed by atoms with van der Waals surface area (Å²) < 4.78 is 4.58. The number of carbonyl (C=O) groups is 1. The number of aliphatic imine (C=N–C) groups is 1. The van der Waals surface area contributed by atoms with Gasteiger partial charge in [0.05, 0.1) is 7.11 Å². The number of nitrogens with zero attached hydrogens (tertiary/aromatic N) is 1. The van der Waals surface area contributed by atoms with Gasteiger partial charge in [-0.15, -0.1) is 24.0 Å². The predicted molar refractivity (Wildman–Crippen MR) is 92.4 cm³/mol. The van der Waals surface area contributed by atoms with Gasteiger partial charge in [0.25, 0.3) is 0 Å². The molecule has 0 aliphatic heterocycles. The number of halogens is 1. The van der Waals surface area contributed by atoms with Crippen LogP contribution in [0.4, 0.5) is 0 Å². The highest BCUT2D eigenvalue weighted by atomic mass is 127. The van der Waals surface area contributed by atoms with Crippen LogP contribution in [-0.4, -0.2) is 31.6 Å². The molecule has 118 valence electrons. The van der Waals surface area contributed by atoms with Gasteiger partial charge in [-0.25, -0.2) is 0 Å². The van der Waals surface area contributed by atoms with Crippen LogP contribution in [0, 0.1) is 0 Å². The molecule has 0 saturated heterocycles. The number of ether oxygens (including phenoxy) is 1. The number of esters is 1. The van der Waals surface area contributed by atoms with Crippen LogP contribution >= 0.6 is 24.0 Å². The smallest absolute Gasteiger partial charge is 0.305 e. The van der Waals surface area contributed by atoms with Gasteiger partial charge in [-0.3, -0.25) is 9.79 Å². The van der Waals surface area contributed by atoms with Gasteiger partial charge >= 0.3 is 5.97 Å². The molecule has 0 aromatic carbocycles. The quantitative estimate of drug-likeness (QED) is 0.180. The second-order valence-corrected chi connectivity index (χ2v) is 5.13. The third-order valence-electron chi connectivity index (χ3n) is 3.51. The molecule has 1 aliphatic carbocycles. The van der Waals surface area contributed by atoms with Gasteiger partial charge in [0.15, 0.2) is 5.96 Å². The lowest BCUT2D eigenvalue weighted by atomic mass is 10.1. The van der Waals surface area contributed by atoms with E-state index >= 15 is 0 Å². The number of hydrogen-bond acceptors (Lipinski definition) is 3. The first-order valence-electron chi connectivity index (χ1n) is 7.35. The zero-order valence-electron chi connectivity index (χ0n) is 12.4. The lowest BCUT2D eigenvalue weighted by molar-refractivity contribution is -0.140. The number of guanidine groups is 1. The number of unbranched alkanes of at least 4 members (excludes halogenated alkanes) is 1. The number of rotatable bonds is 6. The molecule has 20 heavy (non-hydrogen) atoms. The average Bonchev–Trinajstić information content (AvgIpc) is 2.66. The maximum atomic E-state index is 10.9. The molecule has 0 atom stereocenters. The Hall–Kier alpha value is -0.530. The number of hydrogen-bond donors (Lipinski definition) is 2. The molecule has 0 heterocycles. The molecule has 0 aromatic heterocycles. The third kappa shape index (κ3) is 9.39. The largest absolute Gasteiger partial charge is 0.469 e. The predicted octanol–water partition coefficient (Wildman–Crippen LogP) is 2.57. The van der Waals surface area contributed by atoms with Crippen molar-refractivity contribution in [2.75, 3.05) is 13.7 Å². The molecule has 1 saturated carbocycles. The Morgan fingerprint density at radius 3 is 2.50 bits per heavy atom. The van der Waals surface area contributed by atoms with Crippen LogP contribution in [0.15, 0.2) is 4.99 Å². The highest BCUT2D eigenvalue weighted by molar-refractivity contribution is 14.0. The summed E-state index contributed by atoms with van der Waals surface area (Å²) in [5.74, 6) is 0.388. The summed E-state index contributed by atoms with van der Waals surface area (Å²) in [5, 5.41) is 3.31. The molecule has 1 rings (SSSR count). The van der Waals surface area contributed by atoms with E-state index in [4.69, 9.17) is 5.73 Å². The van der Waals surface area contributed by atoms with Crippen LogP contribution < -0.4 is 11.1 Å². The summed E-state index contributed by atoms with van der Waals surface area (Å²) in [6.45, 7) is 0.669. The highest BCUT2D eigenvalue weighted by Gasteiger charge is 2.11. The van der Waals surface area contributed by atoms with Crippen LogP contribution in [0.3, 0.4) is 0 Å². The highest BCUT2D eigenvalue weighted by Crippen LogP contribution is 2.16.